The van der Waals surface area contributed by atoms with Gasteiger partial charge in [-0.1, -0.05) is 90.4 Å². The molecule has 12 aromatic rings. The molecular formula is C85H104N12O9S6. The van der Waals surface area contributed by atoms with Gasteiger partial charge >= 0.3 is 0 Å². The van der Waals surface area contributed by atoms with Crippen molar-refractivity contribution in [3.63, 3.8) is 0 Å². The van der Waals surface area contributed by atoms with Crippen LogP contribution in [0, 0.1) is 20.8 Å². The SMILES string of the molecule is C.C.C.C.Cc1nc(-c2cn(S(=O)(=O)c3ccccc3)c3ncc(C4=CCC(N5CCOCC5)CC4)cc23)cs1.Cc1nc(-c2cn(S(=O)(=O)c3ccccc3)c3ncc(C4CCC(N5CCOCC5)CC4)cc23)cs1.Cc1nc(-c2cn(S(=O)(=O)c3ccccc3)c3ncc(C4CCC(N5CCOCC5)CC4)cc23)cs1. The van der Waals surface area contributed by atoms with Crippen molar-refractivity contribution in [1.82, 2.24) is 56.5 Å². The van der Waals surface area contributed by atoms with Gasteiger partial charge in [0, 0.05) is 144 Å². The minimum atomic E-state index is -3.80. The van der Waals surface area contributed by atoms with Crippen molar-refractivity contribution in [2.24, 2.45) is 0 Å². The van der Waals surface area contributed by atoms with E-state index in [9.17, 15) is 25.3 Å². The molecule has 594 valence electrons. The Labute approximate surface area is 672 Å². The predicted octanol–water partition coefficient (Wildman–Crippen LogP) is 17.6. The number of nitrogens with zero attached hydrogens (tertiary/aromatic N) is 12. The molecule has 3 aliphatic heterocycles. The van der Waals surface area contributed by atoms with Crippen molar-refractivity contribution in [2.45, 2.75) is 166 Å². The summed E-state index contributed by atoms with van der Waals surface area (Å²) >= 11 is 4.68. The lowest BCUT2D eigenvalue weighted by atomic mass is 9.81. The Balaban J connectivity index is 0.000000153. The number of rotatable bonds is 15. The van der Waals surface area contributed by atoms with E-state index >= 15 is 0 Å². The van der Waals surface area contributed by atoms with E-state index in [1.807, 2.05) is 73.7 Å². The second kappa shape index (κ2) is 36.2. The number of allylic oxidation sites excluding steroid dienone is 1. The summed E-state index contributed by atoms with van der Waals surface area (Å²) < 4.78 is 102. The van der Waals surface area contributed by atoms with E-state index in [2.05, 4.69) is 53.9 Å². The number of hydrogen-bond acceptors (Lipinski definition) is 21. The minimum absolute atomic E-state index is 0. The van der Waals surface area contributed by atoms with Gasteiger partial charge in [-0.15, -0.1) is 34.0 Å². The molecule has 3 aliphatic carbocycles. The van der Waals surface area contributed by atoms with E-state index in [0.29, 0.717) is 46.9 Å². The minimum Gasteiger partial charge on any atom is -0.379 e. The summed E-state index contributed by atoms with van der Waals surface area (Å²) in [5, 5.41) is 11.3. The van der Waals surface area contributed by atoms with Gasteiger partial charge < -0.3 is 14.2 Å². The normalized spacial score (nSPS) is 20.2. The summed E-state index contributed by atoms with van der Waals surface area (Å²) in [5.41, 5.74) is 10.8. The van der Waals surface area contributed by atoms with Crippen LogP contribution in [0.4, 0.5) is 0 Å². The average Bonchev–Trinajstić information content (AvgIpc) is 1.60. The number of aromatic nitrogens is 9. The smallest absolute Gasteiger partial charge is 0.269 e. The summed E-state index contributed by atoms with van der Waals surface area (Å²) in [7, 11) is -11.4. The second-order valence-corrected chi connectivity index (χ2v) is 37.3. The Bertz CT molecular complexity index is 5330. The molecule has 12 heterocycles. The van der Waals surface area contributed by atoms with Crippen molar-refractivity contribution < 1.29 is 39.5 Å². The van der Waals surface area contributed by atoms with Gasteiger partial charge in [-0.3, -0.25) is 14.7 Å². The Morgan fingerprint density at radius 1 is 0.393 bits per heavy atom. The lowest BCUT2D eigenvalue weighted by Crippen LogP contribution is -2.44. The fourth-order valence-electron chi connectivity index (χ4n) is 16.4. The maximum Gasteiger partial charge on any atom is 0.269 e. The summed E-state index contributed by atoms with van der Waals surface area (Å²) in [6, 6.07) is 33.8. The first-order valence-electron chi connectivity index (χ1n) is 37.4. The molecule has 0 spiro atoms. The maximum absolute atomic E-state index is 13.6. The Hall–Kier alpha value is -8.03. The van der Waals surface area contributed by atoms with Crippen LogP contribution in [0.25, 0.3) is 72.4 Å². The van der Waals surface area contributed by atoms with Gasteiger partial charge in [-0.05, 0) is 180 Å². The topological polar surface area (TPSA) is 232 Å². The van der Waals surface area contributed by atoms with Crippen LogP contribution in [0.15, 0.2) is 183 Å². The molecule has 9 aromatic heterocycles. The fraction of sp³-hybridized carbons (Fsp3) is 0.412. The van der Waals surface area contributed by atoms with E-state index in [-0.39, 0.29) is 44.4 Å². The zero-order chi connectivity index (χ0) is 74.1. The molecule has 6 aliphatic rings. The average molecular weight is 1630 g/mol. The summed E-state index contributed by atoms with van der Waals surface area (Å²) in [5.74, 6) is 0.858. The maximum atomic E-state index is 13.6. The second-order valence-electron chi connectivity index (χ2n) is 28.7. The Kier molecular flexibility index (Phi) is 27.0. The molecule has 21 nitrogen and oxygen atoms in total. The van der Waals surface area contributed by atoms with E-state index in [1.54, 1.807) is 125 Å². The summed E-state index contributed by atoms with van der Waals surface area (Å²) in [4.78, 5) is 36.6. The Morgan fingerprint density at radius 2 is 0.714 bits per heavy atom. The zero-order valence-electron chi connectivity index (χ0n) is 60.8. The van der Waals surface area contributed by atoms with E-state index in [4.69, 9.17) is 29.2 Å². The molecule has 1 unspecified atom stereocenters. The first-order valence-corrected chi connectivity index (χ1v) is 44.3. The van der Waals surface area contributed by atoms with Crippen molar-refractivity contribution in [2.75, 3.05) is 78.9 Å². The molecule has 0 N–H and O–H groups in total. The van der Waals surface area contributed by atoms with Crippen LogP contribution in [0.3, 0.4) is 0 Å². The first-order chi connectivity index (χ1) is 52.5. The lowest BCUT2D eigenvalue weighted by Gasteiger charge is -2.38. The molecule has 112 heavy (non-hydrogen) atoms. The third-order valence-electron chi connectivity index (χ3n) is 22.2. The molecule has 3 aromatic carbocycles. The number of ether oxygens (including phenoxy) is 3. The van der Waals surface area contributed by atoms with Crippen molar-refractivity contribution in [1.29, 1.82) is 0 Å². The molecular weight excluding hydrogens is 1530 g/mol. The van der Waals surface area contributed by atoms with Gasteiger partial charge in [-0.25, -0.2) is 67.1 Å². The highest BCUT2D eigenvalue weighted by Crippen LogP contribution is 2.43. The molecule has 2 saturated carbocycles. The standard InChI is InChI=1S/2C27H30N4O3S2.C27H28N4O3S2.4CH4/c3*1-19-29-26(18-35-19)25-17-31(36(32,33)23-5-3-2-4-6-23)27-24(25)15-21(16-28-27)20-7-9-22(10-8-20)30-11-13-34-14-12-30;;;;/h2*2-6,15-18,20,22H,7-14H2,1H3;2-7,15-18,22H,8-14H2,1H3;4*1H4. The van der Waals surface area contributed by atoms with Crippen LogP contribution in [0.1, 0.15) is 144 Å². The number of pyridine rings is 3. The van der Waals surface area contributed by atoms with Gasteiger partial charge in [0.15, 0.2) is 16.9 Å². The van der Waals surface area contributed by atoms with Crippen LogP contribution in [0.5, 0.6) is 0 Å². The third-order valence-corrected chi connectivity index (χ3v) is 29.6. The number of hydrogen-bond donors (Lipinski definition) is 0. The largest absolute Gasteiger partial charge is 0.379 e. The molecule has 27 heteroatoms. The van der Waals surface area contributed by atoms with Gasteiger partial charge in [0.2, 0.25) is 0 Å². The highest BCUT2D eigenvalue weighted by molar-refractivity contribution is 7.90. The van der Waals surface area contributed by atoms with Gasteiger partial charge in [0.05, 0.1) is 86.4 Å². The molecule has 3 saturated heterocycles. The van der Waals surface area contributed by atoms with Crippen LogP contribution < -0.4 is 0 Å². The molecule has 1 atom stereocenters. The number of morpholine rings is 3. The van der Waals surface area contributed by atoms with Crippen LogP contribution in [0.2, 0.25) is 0 Å². The van der Waals surface area contributed by atoms with Crippen molar-refractivity contribution >= 4 is 103 Å². The number of aryl methyl sites for hydroxylation is 3. The summed E-state index contributed by atoms with van der Waals surface area (Å²) in [6.45, 7) is 17.0. The quantitative estimate of drug-likeness (QED) is 0.0928. The van der Waals surface area contributed by atoms with E-state index in [1.165, 1.54) is 54.3 Å². The van der Waals surface area contributed by atoms with Crippen LogP contribution in [-0.4, -0.2) is 179 Å². The van der Waals surface area contributed by atoms with Gasteiger partial charge in [-0.2, -0.15) is 0 Å². The van der Waals surface area contributed by atoms with Gasteiger partial charge in [0.25, 0.3) is 30.1 Å². The molecule has 0 radical (unpaired) electrons. The monoisotopic (exact) mass is 1630 g/mol. The van der Waals surface area contributed by atoms with Crippen molar-refractivity contribution in [3.8, 4) is 33.8 Å². The van der Waals surface area contributed by atoms with E-state index in [0.717, 1.165) is 194 Å². The van der Waals surface area contributed by atoms with Gasteiger partial charge in [0.1, 0.15) is 0 Å². The highest BCUT2D eigenvalue weighted by Gasteiger charge is 2.34. The van der Waals surface area contributed by atoms with E-state index < -0.39 is 30.1 Å². The lowest BCUT2D eigenvalue weighted by molar-refractivity contribution is 0.00727. The number of fused-ring (bicyclic) bond motifs is 3. The number of benzene rings is 3. The molecule has 0 amide bonds. The summed E-state index contributed by atoms with van der Waals surface area (Å²) in [6.07, 6.45) is 25.2. The molecule has 5 fully saturated rings. The van der Waals surface area contributed by atoms with Crippen LogP contribution >= 0.6 is 34.0 Å². The number of thiazole rings is 3. The van der Waals surface area contributed by atoms with Crippen molar-refractivity contribution in [3.05, 3.63) is 200 Å². The predicted molar refractivity (Wildman–Crippen MR) is 454 cm³/mol. The van der Waals surface area contributed by atoms with Crippen LogP contribution in [-0.2, 0) is 44.3 Å². The third kappa shape index (κ3) is 17.5. The first kappa shape index (κ1) is 83.4. The fourth-order valence-corrected chi connectivity index (χ4v) is 22.3. The zero-order valence-corrected chi connectivity index (χ0v) is 65.7. The molecule has 0 bridgehead atoms. The Morgan fingerprint density at radius 3 is 1.03 bits per heavy atom. The highest BCUT2D eigenvalue weighted by atomic mass is 32.2. The molecule has 18 rings (SSSR count).